The number of carbonyl (C=O) groups excluding carboxylic acids is 1. The molecule has 0 spiro atoms. The van der Waals surface area contributed by atoms with E-state index in [9.17, 15) is 4.79 Å². The van der Waals surface area contributed by atoms with E-state index in [2.05, 4.69) is 24.5 Å². The molecule has 2 N–H and O–H groups in total. The Bertz CT molecular complexity index is 206. The quantitative estimate of drug-likeness (QED) is 0.722. The van der Waals surface area contributed by atoms with Crippen LogP contribution in [0.15, 0.2) is 0 Å². The highest BCUT2D eigenvalue weighted by Gasteiger charge is 2.21. The standard InChI is InChI=1S/C13H26N2O.ClH/c1-3-4-7-15-13(16)10-11(2)12-5-8-14-9-6-12;/h11-12,14H,3-10H2,1-2H3,(H,15,16);1H. The Kier molecular flexibility index (Phi) is 9.56. The molecule has 102 valence electrons. The minimum absolute atomic E-state index is 0. The lowest BCUT2D eigenvalue weighted by molar-refractivity contribution is -0.122. The second kappa shape index (κ2) is 9.72. The van der Waals surface area contributed by atoms with Crippen molar-refractivity contribution in [1.29, 1.82) is 0 Å². The largest absolute Gasteiger partial charge is 0.356 e. The Hall–Kier alpha value is -0.280. The molecule has 1 rings (SSSR count). The Labute approximate surface area is 112 Å². The first-order chi connectivity index (χ1) is 7.74. The van der Waals surface area contributed by atoms with E-state index < -0.39 is 0 Å². The normalized spacial score (nSPS) is 18.2. The van der Waals surface area contributed by atoms with Crippen LogP contribution < -0.4 is 10.6 Å². The van der Waals surface area contributed by atoms with Gasteiger partial charge in [0.25, 0.3) is 0 Å². The SMILES string of the molecule is CCCCNC(=O)CC(C)C1CCNCC1.Cl. The van der Waals surface area contributed by atoms with Crippen molar-refractivity contribution in [3.63, 3.8) is 0 Å². The van der Waals surface area contributed by atoms with Crippen LogP contribution in [-0.4, -0.2) is 25.5 Å². The van der Waals surface area contributed by atoms with Gasteiger partial charge < -0.3 is 10.6 Å². The fourth-order valence-electron chi connectivity index (χ4n) is 2.35. The van der Waals surface area contributed by atoms with Gasteiger partial charge in [0.05, 0.1) is 0 Å². The number of piperidine rings is 1. The lowest BCUT2D eigenvalue weighted by Gasteiger charge is -2.27. The molecule has 0 aromatic rings. The van der Waals surface area contributed by atoms with E-state index in [0.29, 0.717) is 12.3 Å². The molecule has 0 aliphatic carbocycles. The predicted octanol–water partition coefficient (Wildman–Crippen LogP) is 2.35. The first-order valence-corrected chi connectivity index (χ1v) is 6.71. The van der Waals surface area contributed by atoms with Gasteiger partial charge in [-0.1, -0.05) is 20.3 Å². The number of unbranched alkanes of at least 4 members (excludes halogenated alkanes) is 1. The number of carbonyl (C=O) groups is 1. The molecule has 1 aliphatic rings. The van der Waals surface area contributed by atoms with Crippen molar-refractivity contribution in [2.24, 2.45) is 11.8 Å². The first-order valence-electron chi connectivity index (χ1n) is 6.71. The summed E-state index contributed by atoms with van der Waals surface area (Å²) in [7, 11) is 0. The van der Waals surface area contributed by atoms with Gasteiger partial charge in [-0.25, -0.2) is 0 Å². The molecule has 0 saturated carbocycles. The molecule has 1 aliphatic heterocycles. The highest BCUT2D eigenvalue weighted by molar-refractivity contribution is 5.85. The molecular weight excluding hydrogens is 236 g/mol. The monoisotopic (exact) mass is 262 g/mol. The van der Waals surface area contributed by atoms with Crippen LogP contribution in [0.3, 0.4) is 0 Å². The summed E-state index contributed by atoms with van der Waals surface area (Å²) < 4.78 is 0. The Morgan fingerprint density at radius 2 is 2.06 bits per heavy atom. The first kappa shape index (κ1) is 16.7. The molecule has 0 bridgehead atoms. The summed E-state index contributed by atoms with van der Waals surface area (Å²) in [5.41, 5.74) is 0. The zero-order chi connectivity index (χ0) is 11.8. The summed E-state index contributed by atoms with van der Waals surface area (Å²) in [5.74, 6) is 1.50. The summed E-state index contributed by atoms with van der Waals surface area (Å²) in [6, 6.07) is 0. The smallest absolute Gasteiger partial charge is 0.220 e. The molecule has 1 amide bonds. The molecule has 1 unspecified atom stereocenters. The molecule has 0 aromatic carbocycles. The highest BCUT2D eigenvalue weighted by atomic mass is 35.5. The van der Waals surface area contributed by atoms with Gasteiger partial charge in [0.15, 0.2) is 0 Å². The van der Waals surface area contributed by atoms with Gasteiger partial charge in [-0.2, -0.15) is 0 Å². The highest BCUT2D eigenvalue weighted by Crippen LogP contribution is 2.23. The summed E-state index contributed by atoms with van der Waals surface area (Å²) in [4.78, 5) is 11.6. The van der Waals surface area contributed by atoms with Gasteiger partial charge in [-0.15, -0.1) is 12.4 Å². The van der Waals surface area contributed by atoms with Crippen LogP contribution in [0.2, 0.25) is 0 Å². The van der Waals surface area contributed by atoms with Crippen molar-refractivity contribution in [1.82, 2.24) is 10.6 Å². The third kappa shape index (κ3) is 6.89. The maximum absolute atomic E-state index is 11.6. The van der Waals surface area contributed by atoms with E-state index in [-0.39, 0.29) is 18.3 Å². The Morgan fingerprint density at radius 3 is 2.65 bits per heavy atom. The van der Waals surface area contributed by atoms with Crippen molar-refractivity contribution in [3.8, 4) is 0 Å². The van der Waals surface area contributed by atoms with Gasteiger partial charge in [-0.05, 0) is 44.2 Å². The van der Waals surface area contributed by atoms with Crippen molar-refractivity contribution in [2.45, 2.75) is 46.0 Å². The second-order valence-electron chi connectivity index (χ2n) is 4.97. The molecule has 0 radical (unpaired) electrons. The molecule has 1 atom stereocenters. The van der Waals surface area contributed by atoms with Crippen molar-refractivity contribution in [2.75, 3.05) is 19.6 Å². The van der Waals surface area contributed by atoms with E-state index in [1.54, 1.807) is 0 Å². The summed E-state index contributed by atoms with van der Waals surface area (Å²) in [6.07, 6.45) is 5.39. The van der Waals surface area contributed by atoms with Crippen molar-refractivity contribution in [3.05, 3.63) is 0 Å². The van der Waals surface area contributed by atoms with Crippen molar-refractivity contribution >= 4 is 18.3 Å². The summed E-state index contributed by atoms with van der Waals surface area (Å²) in [5, 5.41) is 6.36. The summed E-state index contributed by atoms with van der Waals surface area (Å²) in [6.45, 7) is 7.44. The predicted molar refractivity (Wildman–Crippen MR) is 74.5 cm³/mol. The lowest BCUT2D eigenvalue weighted by atomic mass is 9.84. The van der Waals surface area contributed by atoms with Crippen molar-refractivity contribution < 1.29 is 4.79 Å². The number of nitrogens with one attached hydrogen (secondary N) is 2. The fraction of sp³-hybridized carbons (Fsp3) is 0.923. The molecular formula is C13H27ClN2O. The lowest BCUT2D eigenvalue weighted by Crippen LogP contribution is -2.33. The zero-order valence-electron chi connectivity index (χ0n) is 11.1. The number of rotatable bonds is 6. The van der Waals surface area contributed by atoms with Crippen LogP contribution >= 0.6 is 12.4 Å². The van der Waals surface area contributed by atoms with Gasteiger partial charge in [-0.3, -0.25) is 4.79 Å². The van der Waals surface area contributed by atoms with Gasteiger partial charge in [0.1, 0.15) is 0 Å². The second-order valence-corrected chi connectivity index (χ2v) is 4.97. The molecule has 1 saturated heterocycles. The minimum Gasteiger partial charge on any atom is -0.356 e. The maximum Gasteiger partial charge on any atom is 0.220 e. The topological polar surface area (TPSA) is 41.1 Å². The number of hydrogen-bond donors (Lipinski definition) is 2. The fourth-order valence-corrected chi connectivity index (χ4v) is 2.35. The molecule has 17 heavy (non-hydrogen) atoms. The molecule has 4 heteroatoms. The Balaban J connectivity index is 0.00000256. The number of amides is 1. The zero-order valence-corrected chi connectivity index (χ0v) is 11.9. The van der Waals surface area contributed by atoms with Crippen LogP contribution in [0.1, 0.15) is 46.0 Å². The summed E-state index contributed by atoms with van der Waals surface area (Å²) >= 11 is 0. The molecule has 1 heterocycles. The minimum atomic E-state index is 0. The number of hydrogen-bond acceptors (Lipinski definition) is 2. The van der Waals surface area contributed by atoms with E-state index in [1.807, 2.05) is 0 Å². The van der Waals surface area contributed by atoms with E-state index in [0.717, 1.165) is 38.4 Å². The van der Waals surface area contributed by atoms with Crippen LogP contribution in [0.5, 0.6) is 0 Å². The molecule has 1 fully saturated rings. The number of halogens is 1. The maximum atomic E-state index is 11.6. The van der Waals surface area contributed by atoms with Gasteiger partial charge in [0.2, 0.25) is 5.91 Å². The molecule has 3 nitrogen and oxygen atoms in total. The van der Waals surface area contributed by atoms with Crippen LogP contribution in [0.25, 0.3) is 0 Å². The van der Waals surface area contributed by atoms with Crippen LogP contribution in [-0.2, 0) is 4.79 Å². The van der Waals surface area contributed by atoms with Crippen LogP contribution in [0, 0.1) is 11.8 Å². The Morgan fingerprint density at radius 1 is 1.41 bits per heavy atom. The van der Waals surface area contributed by atoms with Gasteiger partial charge in [0, 0.05) is 13.0 Å². The van der Waals surface area contributed by atoms with Crippen LogP contribution in [0.4, 0.5) is 0 Å². The van der Waals surface area contributed by atoms with E-state index >= 15 is 0 Å². The average Bonchev–Trinajstić information content (AvgIpc) is 2.30. The van der Waals surface area contributed by atoms with E-state index in [4.69, 9.17) is 0 Å². The van der Waals surface area contributed by atoms with Gasteiger partial charge >= 0.3 is 0 Å². The molecule has 0 aromatic heterocycles. The third-order valence-corrected chi connectivity index (χ3v) is 3.55. The third-order valence-electron chi connectivity index (χ3n) is 3.55. The van der Waals surface area contributed by atoms with E-state index in [1.165, 1.54) is 12.8 Å². The average molecular weight is 263 g/mol.